The fraction of sp³-hybridized carbons (Fsp3) is 0.875. The van der Waals surface area contributed by atoms with Crippen molar-refractivity contribution in [2.24, 2.45) is 5.92 Å². The first-order valence-electron chi connectivity index (χ1n) is 4.20. The Morgan fingerprint density at radius 1 is 1.67 bits per heavy atom. The number of likely N-dealkylation sites (tertiary alicyclic amines) is 1. The minimum Gasteiger partial charge on any atom is -0.479 e. The van der Waals surface area contributed by atoms with Crippen molar-refractivity contribution >= 4 is 5.97 Å². The molecule has 0 aromatic carbocycles. The van der Waals surface area contributed by atoms with E-state index in [9.17, 15) is 9.90 Å². The smallest absolute Gasteiger partial charge is 0.332 e. The Kier molecular flexibility index (Phi) is 3.05. The molecule has 0 aliphatic carbocycles. The van der Waals surface area contributed by atoms with Crippen LogP contribution in [0.5, 0.6) is 0 Å². The first-order valence-corrected chi connectivity index (χ1v) is 4.20. The number of rotatable bonds is 2. The summed E-state index contributed by atoms with van der Waals surface area (Å²) in [6, 6.07) is 0. The molecule has 1 saturated heterocycles. The molecule has 2 unspecified atom stereocenters. The maximum absolute atomic E-state index is 10.4. The van der Waals surface area contributed by atoms with Crippen LogP contribution >= 0.6 is 0 Å². The maximum Gasteiger partial charge on any atom is 0.332 e. The number of carbonyl (C=O) groups is 1. The van der Waals surface area contributed by atoms with Gasteiger partial charge < -0.3 is 15.1 Å². The lowest BCUT2D eigenvalue weighted by atomic mass is 9.93. The molecule has 0 aromatic rings. The van der Waals surface area contributed by atoms with Crippen molar-refractivity contribution in [2.75, 3.05) is 20.1 Å². The summed E-state index contributed by atoms with van der Waals surface area (Å²) in [4.78, 5) is 12.5. The normalized spacial score (nSPS) is 28.3. The van der Waals surface area contributed by atoms with Crippen LogP contribution in [0, 0.1) is 5.92 Å². The third-order valence-electron chi connectivity index (χ3n) is 2.36. The molecule has 2 N–H and O–H groups in total. The van der Waals surface area contributed by atoms with E-state index in [1.165, 1.54) is 0 Å². The van der Waals surface area contributed by atoms with Crippen molar-refractivity contribution in [1.82, 2.24) is 4.90 Å². The largest absolute Gasteiger partial charge is 0.479 e. The monoisotopic (exact) mass is 173 g/mol. The second-order valence-corrected chi connectivity index (χ2v) is 3.45. The predicted octanol–water partition coefficient (Wildman–Crippen LogP) is -0.226. The van der Waals surface area contributed by atoms with Gasteiger partial charge in [-0.2, -0.15) is 0 Å². The van der Waals surface area contributed by atoms with Crippen LogP contribution in [0.25, 0.3) is 0 Å². The summed E-state index contributed by atoms with van der Waals surface area (Å²) in [6.45, 7) is 1.69. The maximum atomic E-state index is 10.4. The number of piperidine rings is 1. The lowest BCUT2D eigenvalue weighted by Gasteiger charge is -2.30. The standard InChI is InChI=1S/C8H15NO3/c1-9-4-2-3-6(5-9)7(10)8(11)12/h6-7,10H,2-5H2,1H3,(H,11,12). The molecule has 0 bridgehead atoms. The number of aliphatic hydroxyl groups is 1. The van der Waals surface area contributed by atoms with Gasteiger partial charge in [-0.1, -0.05) is 0 Å². The van der Waals surface area contributed by atoms with Gasteiger partial charge in [-0.15, -0.1) is 0 Å². The van der Waals surface area contributed by atoms with Gasteiger partial charge >= 0.3 is 5.97 Å². The van der Waals surface area contributed by atoms with Crippen LogP contribution in [0.15, 0.2) is 0 Å². The summed E-state index contributed by atoms with van der Waals surface area (Å²) >= 11 is 0. The zero-order valence-corrected chi connectivity index (χ0v) is 7.23. The van der Waals surface area contributed by atoms with Gasteiger partial charge in [0.05, 0.1) is 0 Å². The molecule has 1 rings (SSSR count). The van der Waals surface area contributed by atoms with E-state index in [0.717, 1.165) is 19.4 Å². The Hall–Kier alpha value is -0.610. The molecule has 1 aliphatic rings. The SMILES string of the molecule is CN1CCCC(C(O)C(=O)O)C1. The van der Waals surface area contributed by atoms with Crippen LogP contribution < -0.4 is 0 Å². The van der Waals surface area contributed by atoms with Gasteiger partial charge in [-0.3, -0.25) is 0 Å². The molecule has 4 nitrogen and oxygen atoms in total. The summed E-state index contributed by atoms with van der Waals surface area (Å²) < 4.78 is 0. The first kappa shape index (κ1) is 9.48. The fourth-order valence-corrected chi connectivity index (χ4v) is 1.67. The molecule has 0 radical (unpaired) electrons. The number of aliphatic carboxylic acids is 1. The van der Waals surface area contributed by atoms with E-state index in [1.807, 2.05) is 7.05 Å². The highest BCUT2D eigenvalue weighted by Crippen LogP contribution is 2.18. The highest BCUT2D eigenvalue weighted by Gasteiger charge is 2.28. The van der Waals surface area contributed by atoms with Crippen LogP contribution in [0.3, 0.4) is 0 Å². The molecule has 1 heterocycles. The van der Waals surface area contributed by atoms with E-state index in [4.69, 9.17) is 5.11 Å². The van der Waals surface area contributed by atoms with E-state index >= 15 is 0 Å². The topological polar surface area (TPSA) is 60.8 Å². The van der Waals surface area contributed by atoms with Crippen molar-refractivity contribution < 1.29 is 15.0 Å². The zero-order chi connectivity index (χ0) is 9.14. The number of carboxylic acids is 1. The molecular formula is C8H15NO3. The summed E-state index contributed by atoms with van der Waals surface area (Å²) in [5.41, 5.74) is 0. The lowest BCUT2D eigenvalue weighted by Crippen LogP contribution is -2.41. The molecule has 0 saturated carbocycles. The number of hydrogen-bond acceptors (Lipinski definition) is 3. The van der Waals surface area contributed by atoms with Crippen molar-refractivity contribution in [3.63, 3.8) is 0 Å². The minimum atomic E-state index is -1.19. The number of nitrogens with zero attached hydrogens (tertiary/aromatic N) is 1. The molecule has 0 spiro atoms. The highest BCUT2D eigenvalue weighted by molar-refractivity contribution is 5.72. The van der Waals surface area contributed by atoms with Gasteiger partial charge in [-0.25, -0.2) is 4.79 Å². The molecule has 4 heteroatoms. The summed E-state index contributed by atoms with van der Waals surface area (Å²) in [5, 5.41) is 17.8. The van der Waals surface area contributed by atoms with Crippen LogP contribution in [-0.2, 0) is 4.79 Å². The van der Waals surface area contributed by atoms with Crippen molar-refractivity contribution in [1.29, 1.82) is 0 Å². The van der Waals surface area contributed by atoms with Gasteiger partial charge in [0.1, 0.15) is 0 Å². The highest BCUT2D eigenvalue weighted by atomic mass is 16.4. The predicted molar refractivity (Wildman–Crippen MR) is 43.9 cm³/mol. The Morgan fingerprint density at radius 2 is 2.33 bits per heavy atom. The average Bonchev–Trinajstić information content (AvgIpc) is 2.03. The Morgan fingerprint density at radius 3 is 2.83 bits per heavy atom. The van der Waals surface area contributed by atoms with Gasteiger partial charge in [0.2, 0.25) is 0 Å². The van der Waals surface area contributed by atoms with Crippen molar-refractivity contribution in [3.8, 4) is 0 Å². The van der Waals surface area contributed by atoms with Crippen LogP contribution in [-0.4, -0.2) is 47.3 Å². The second-order valence-electron chi connectivity index (χ2n) is 3.45. The van der Waals surface area contributed by atoms with E-state index in [0.29, 0.717) is 6.54 Å². The minimum absolute atomic E-state index is 0.0961. The molecule has 1 aliphatic heterocycles. The summed E-state index contributed by atoms with van der Waals surface area (Å²) in [6.07, 6.45) is 0.608. The molecule has 0 aromatic heterocycles. The second kappa shape index (κ2) is 3.87. The summed E-state index contributed by atoms with van der Waals surface area (Å²) in [5.74, 6) is -1.20. The molecule has 0 amide bonds. The quantitative estimate of drug-likeness (QED) is 0.605. The Balaban J connectivity index is 2.45. The van der Waals surface area contributed by atoms with E-state index < -0.39 is 12.1 Å². The van der Waals surface area contributed by atoms with E-state index in [1.54, 1.807) is 0 Å². The third kappa shape index (κ3) is 2.19. The van der Waals surface area contributed by atoms with Crippen molar-refractivity contribution in [3.05, 3.63) is 0 Å². The zero-order valence-electron chi connectivity index (χ0n) is 7.23. The van der Waals surface area contributed by atoms with Gasteiger partial charge in [-0.05, 0) is 26.4 Å². The number of hydrogen-bond donors (Lipinski definition) is 2. The number of aliphatic hydroxyl groups excluding tert-OH is 1. The fourth-order valence-electron chi connectivity index (χ4n) is 1.67. The summed E-state index contributed by atoms with van der Waals surface area (Å²) in [7, 11) is 1.95. The molecule has 12 heavy (non-hydrogen) atoms. The lowest BCUT2D eigenvalue weighted by molar-refractivity contribution is -0.150. The number of carboxylic acid groups (broad SMARTS) is 1. The molecule has 1 fully saturated rings. The van der Waals surface area contributed by atoms with Crippen LogP contribution in [0.1, 0.15) is 12.8 Å². The van der Waals surface area contributed by atoms with Gasteiger partial charge in [0.25, 0.3) is 0 Å². The Bertz CT molecular complexity index is 172. The van der Waals surface area contributed by atoms with Crippen LogP contribution in [0.2, 0.25) is 0 Å². The third-order valence-corrected chi connectivity index (χ3v) is 2.36. The molecule has 2 atom stereocenters. The van der Waals surface area contributed by atoms with Crippen LogP contribution in [0.4, 0.5) is 0 Å². The molecule has 70 valence electrons. The van der Waals surface area contributed by atoms with E-state index in [2.05, 4.69) is 4.90 Å². The van der Waals surface area contributed by atoms with Crippen molar-refractivity contribution in [2.45, 2.75) is 18.9 Å². The van der Waals surface area contributed by atoms with Gasteiger partial charge in [0, 0.05) is 12.5 Å². The first-order chi connectivity index (χ1) is 5.61. The average molecular weight is 173 g/mol. The van der Waals surface area contributed by atoms with Gasteiger partial charge in [0.15, 0.2) is 6.10 Å². The Labute approximate surface area is 71.8 Å². The molecular weight excluding hydrogens is 158 g/mol. The van der Waals surface area contributed by atoms with E-state index in [-0.39, 0.29) is 5.92 Å².